The number of carbonyl (C=O) groups is 3. The van der Waals surface area contributed by atoms with Gasteiger partial charge in [-0.15, -0.1) is 0 Å². The first kappa shape index (κ1) is 20.2. The van der Waals surface area contributed by atoms with Gasteiger partial charge in [0.1, 0.15) is 22.7 Å². The number of hydrogen-bond donors (Lipinski definition) is 1. The lowest BCUT2D eigenvalue weighted by atomic mass is 10.1. The van der Waals surface area contributed by atoms with Crippen molar-refractivity contribution in [1.82, 2.24) is 9.62 Å². The largest absolute Gasteiger partial charge is 0.462 e. The summed E-state index contributed by atoms with van der Waals surface area (Å²) in [6.45, 7) is 3.44. The van der Waals surface area contributed by atoms with E-state index in [1.807, 2.05) is 0 Å². The summed E-state index contributed by atoms with van der Waals surface area (Å²) >= 11 is 0. The van der Waals surface area contributed by atoms with Crippen molar-refractivity contribution in [3.63, 3.8) is 0 Å². The highest BCUT2D eigenvalue weighted by molar-refractivity contribution is 7.88. The summed E-state index contributed by atoms with van der Waals surface area (Å²) in [5.74, 6) is -0.225. The first-order chi connectivity index (χ1) is 12.5. The number of sulfonamides is 1. The minimum absolute atomic E-state index is 0.0150. The van der Waals surface area contributed by atoms with Gasteiger partial charge in [0.15, 0.2) is 0 Å². The number of carbonyl (C=O) groups excluding carboxylic acids is 3. The van der Waals surface area contributed by atoms with Gasteiger partial charge in [0, 0.05) is 12.4 Å². The summed E-state index contributed by atoms with van der Waals surface area (Å²) in [7, 11) is -2.83. The fourth-order valence-corrected chi connectivity index (χ4v) is 2.52. The molecule has 0 radical (unpaired) electrons. The normalized spacial score (nSPS) is 11.1. The van der Waals surface area contributed by atoms with Crippen molar-refractivity contribution in [1.29, 1.82) is 0 Å². The molecule has 2 rings (SSSR count). The second-order valence-electron chi connectivity index (χ2n) is 5.46. The van der Waals surface area contributed by atoms with Gasteiger partial charge in [-0.1, -0.05) is 0 Å². The Morgan fingerprint density at radius 2 is 1.93 bits per heavy atom. The van der Waals surface area contributed by atoms with E-state index >= 15 is 0 Å². The number of hydrogen-bond acceptors (Lipinski definition) is 8. The maximum Gasteiger partial charge on any atom is 0.420 e. The van der Waals surface area contributed by atoms with E-state index in [1.54, 1.807) is 19.2 Å². The molecule has 0 saturated heterocycles. The molecule has 0 fully saturated rings. The number of esters is 1. The van der Waals surface area contributed by atoms with Crippen molar-refractivity contribution >= 4 is 39.1 Å². The highest BCUT2D eigenvalue weighted by atomic mass is 32.2. The number of amides is 3. The van der Waals surface area contributed by atoms with Gasteiger partial charge in [-0.25, -0.2) is 32.4 Å². The number of urea groups is 1. The van der Waals surface area contributed by atoms with E-state index in [1.165, 1.54) is 18.2 Å². The average Bonchev–Trinajstić information content (AvgIpc) is 2.88. The molecule has 0 aliphatic carbocycles. The molecule has 0 aliphatic heterocycles. The molecule has 27 heavy (non-hydrogen) atoms. The van der Waals surface area contributed by atoms with Gasteiger partial charge >= 0.3 is 18.1 Å². The molecule has 0 unspecified atom stereocenters. The molecule has 0 spiro atoms. The Kier molecular flexibility index (Phi) is 5.74. The molecular weight excluding hydrogens is 380 g/mol. The monoisotopic (exact) mass is 398 g/mol. The molecule has 146 valence electrons. The Morgan fingerprint density at radius 3 is 2.52 bits per heavy atom. The third-order valence-electron chi connectivity index (χ3n) is 3.52. The third kappa shape index (κ3) is 4.56. The van der Waals surface area contributed by atoms with E-state index < -0.39 is 28.1 Å². The van der Waals surface area contributed by atoms with E-state index in [4.69, 9.17) is 13.9 Å². The van der Waals surface area contributed by atoms with Crippen LogP contribution in [0.5, 0.6) is 5.75 Å². The summed E-state index contributed by atoms with van der Waals surface area (Å²) < 4.78 is 38.3. The molecule has 1 N–H and O–H groups in total. The van der Waals surface area contributed by atoms with Gasteiger partial charge in [-0.3, -0.25) is 0 Å². The lowest BCUT2D eigenvalue weighted by molar-refractivity contribution is 0.0526. The van der Waals surface area contributed by atoms with Crippen LogP contribution in [-0.2, 0) is 14.8 Å². The number of imide groups is 1. The molecule has 0 aliphatic rings. The van der Waals surface area contributed by atoms with Crippen LogP contribution in [0.2, 0.25) is 0 Å². The Hall–Kier alpha value is -3.08. The zero-order chi connectivity index (χ0) is 20.4. The molecule has 1 heterocycles. The summed E-state index contributed by atoms with van der Waals surface area (Å²) in [4.78, 5) is 35.6. The lowest BCUT2D eigenvalue weighted by Gasteiger charge is -2.14. The molecule has 1 aromatic heterocycles. The van der Waals surface area contributed by atoms with Crippen molar-refractivity contribution in [3.8, 4) is 5.75 Å². The molecular formula is C16H18N2O8S. The number of nitrogens with zero attached hydrogens (tertiary/aromatic N) is 1. The second-order valence-corrected chi connectivity index (χ2v) is 7.48. The Bertz CT molecular complexity index is 1010. The molecule has 10 nitrogen and oxygen atoms in total. The van der Waals surface area contributed by atoms with Crippen LogP contribution in [-0.4, -0.2) is 50.7 Å². The maximum absolute atomic E-state index is 12.1. The van der Waals surface area contributed by atoms with Crippen LogP contribution in [0, 0.1) is 6.92 Å². The van der Waals surface area contributed by atoms with Gasteiger partial charge in [-0.05, 0) is 32.0 Å². The Balaban J connectivity index is 2.22. The second kappa shape index (κ2) is 7.66. The van der Waals surface area contributed by atoms with Gasteiger partial charge in [0.25, 0.3) is 0 Å². The number of rotatable bonds is 4. The number of nitrogens with one attached hydrogen (secondary N) is 1. The highest BCUT2D eigenvalue weighted by Gasteiger charge is 2.23. The summed E-state index contributed by atoms with van der Waals surface area (Å²) in [5, 5.41) is 2.15. The predicted molar refractivity (Wildman–Crippen MR) is 94.1 cm³/mol. The first-order valence-electron chi connectivity index (χ1n) is 7.71. The van der Waals surface area contributed by atoms with Gasteiger partial charge in [0.05, 0.1) is 12.9 Å². The van der Waals surface area contributed by atoms with Crippen molar-refractivity contribution in [2.24, 2.45) is 0 Å². The summed E-state index contributed by atoms with van der Waals surface area (Å²) in [6.07, 6.45) is -0.378. The smallest absolute Gasteiger partial charge is 0.420 e. The summed E-state index contributed by atoms with van der Waals surface area (Å²) in [6, 6.07) is 3.08. The predicted octanol–water partition coefficient (Wildman–Crippen LogP) is 2.02. The van der Waals surface area contributed by atoms with Gasteiger partial charge in [-0.2, -0.15) is 0 Å². The molecule has 2 aromatic rings. The zero-order valence-corrected chi connectivity index (χ0v) is 15.9. The minimum atomic E-state index is -3.82. The quantitative estimate of drug-likeness (QED) is 0.774. The first-order valence-corrected chi connectivity index (χ1v) is 9.56. The van der Waals surface area contributed by atoms with Crippen LogP contribution in [0.3, 0.4) is 0 Å². The number of ether oxygens (including phenoxy) is 2. The topological polar surface area (TPSA) is 132 Å². The number of benzene rings is 1. The van der Waals surface area contributed by atoms with E-state index in [0.29, 0.717) is 21.0 Å². The highest BCUT2D eigenvalue weighted by Crippen LogP contribution is 2.29. The van der Waals surface area contributed by atoms with E-state index in [-0.39, 0.29) is 17.9 Å². The molecule has 1 aromatic carbocycles. The Labute approximate surface area is 155 Å². The van der Waals surface area contributed by atoms with Crippen molar-refractivity contribution in [2.75, 3.05) is 19.9 Å². The minimum Gasteiger partial charge on any atom is -0.462 e. The van der Waals surface area contributed by atoms with E-state index in [9.17, 15) is 22.8 Å². The van der Waals surface area contributed by atoms with E-state index in [2.05, 4.69) is 0 Å². The van der Waals surface area contributed by atoms with Crippen molar-refractivity contribution in [2.45, 2.75) is 13.8 Å². The summed E-state index contributed by atoms with van der Waals surface area (Å²) in [5.41, 5.74) is 0.585. The molecule has 11 heteroatoms. The average molecular weight is 398 g/mol. The number of fused-ring (bicyclic) bond motifs is 1. The Morgan fingerprint density at radius 1 is 1.26 bits per heavy atom. The molecule has 3 amide bonds. The van der Waals surface area contributed by atoms with Gasteiger partial charge < -0.3 is 13.9 Å². The van der Waals surface area contributed by atoms with Crippen molar-refractivity contribution in [3.05, 3.63) is 29.5 Å². The van der Waals surface area contributed by atoms with Crippen LogP contribution < -0.4 is 10.1 Å². The van der Waals surface area contributed by atoms with Crippen LogP contribution in [0.1, 0.15) is 23.0 Å². The molecule has 0 saturated carbocycles. The molecule has 0 atom stereocenters. The van der Waals surface area contributed by atoms with Crippen molar-refractivity contribution < 1.29 is 36.7 Å². The SMILES string of the molecule is CCOC(=O)c1c(C)oc2ccc(OC(=O)NC(=O)N(C)S(C)(=O)=O)cc12. The van der Waals surface area contributed by atoms with Crippen LogP contribution >= 0.6 is 0 Å². The van der Waals surface area contributed by atoms with Crippen LogP contribution in [0.25, 0.3) is 11.0 Å². The number of furan rings is 1. The maximum atomic E-state index is 12.1. The van der Waals surface area contributed by atoms with Gasteiger partial charge in [0.2, 0.25) is 10.0 Å². The van der Waals surface area contributed by atoms with Crippen LogP contribution in [0.4, 0.5) is 9.59 Å². The fourth-order valence-electron chi connectivity index (χ4n) is 2.17. The van der Waals surface area contributed by atoms with E-state index in [0.717, 1.165) is 13.3 Å². The standard InChI is InChI=1S/C16H18N2O8S/c1-5-24-14(19)13-9(2)25-12-7-6-10(8-11(12)13)26-16(21)17-15(20)18(3)27(4,22)23/h6-8H,5H2,1-4H3,(H,17,20,21). The zero-order valence-electron chi connectivity index (χ0n) is 15.1. The number of aryl methyl sites for hydroxylation is 1. The fraction of sp³-hybridized carbons (Fsp3) is 0.312. The van der Waals surface area contributed by atoms with Crippen LogP contribution in [0.15, 0.2) is 22.6 Å². The third-order valence-corrected chi connectivity index (χ3v) is 4.68. The lowest BCUT2D eigenvalue weighted by Crippen LogP contribution is -2.44. The molecule has 0 bridgehead atoms.